The van der Waals surface area contributed by atoms with Gasteiger partial charge in [-0.05, 0) is 38.0 Å². The highest BCUT2D eigenvalue weighted by molar-refractivity contribution is 5.88. The van der Waals surface area contributed by atoms with Crippen LogP contribution in [0, 0.1) is 17.8 Å². The van der Waals surface area contributed by atoms with Gasteiger partial charge in [-0.25, -0.2) is 4.79 Å². The summed E-state index contributed by atoms with van der Waals surface area (Å²) < 4.78 is 4.93. The molecule has 0 saturated heterocycles. The number of carbonyl (C=O) groups is 1. The molecule has 0 fully saturated rings. The van der Waals surface area contributed by atoms with Crippen LogP contribution in [0.3, 0.4) is 0 Å². The Balaban J connectivity index is 4.00. The molecule has 0 N–H and O–H groups in total. The van der Waals surface area contributed by atoms with E-state index in [1.807, 2.05) is 19.1 Å². The van der Waals surface area contributed by atoms with Crippen molar-refractivity contribution in [3.63, 3.8) is 0 Å². The SMILES string of the molecule is CCOC(=O)/C(C)=C/C=C/CC(C)CCC(C)C(C)C. The Hall–Kier alpha value is -1.05. The topological polar surface area (TPSA) is 26.3 Å². The monoisotopic (exact) mass is 280 g/mol. The number of hydrogen-bond donors (Lipinski definition) is 0. The number of esters is 1. The highest BCUT2D eigenvalue weighted by Gasteiger charge is 2.09. The van der Waals surface area contributed by atoms with Crippen molar-refractivity contribution in [1.29, 1.82) is 0 Å². The van der Waals surface area contributed by atoms with Gasteiger partial charge in [-0.3, -0.25) is 0 Å². The lowest BCUT2D eigenvalue weighted by Gasteiger charge is -2.17. The van der Waals surface area contributed by atoms with E-state index in [4.69, 9.17) is 4.74 Å². The molecule has 20 heavy (non-hydrogen) atoms. The summed E-state index contributed by atoms with van der Waals surface area (Å²) >= 11 is 0. The summed E-state index contributed by atoms with van der Waals surface area (Å²) in [6.07, 6.45) is 9.58. The lowest BCUT2D eigenvalue weighted by Crippen LogP contribution is -2.06. The molecule has 2 atom stereocenters. The third-order valence-corrected chi connectivity index (χ3v) is 3.87. The number of hydrogen-bond acceptors (Lipinski definition) is 2. The summed E-state index contributed by atoms with van der Waals surface area (Å²) in [5.74, 6) is 2.04. The third kappa shape index (κ3) is 8.95. The first-order chi connectivity index (χ1) is 9.38. The number of ether oxygens (including phenoxy) is 1. The third-order valence-electron chi connectivity index (χ3n) is 3.87. The second-order valence-corrected chi connectivity index (χ2v) is 6.14. The Morgan fingerprint density at radius 2 is 1.80 bits per heavy atom. The van der Waals surface area contributed by atoms with Gasteiger partial charge < -0.3 is 4.74 Å². The minimum Gasteiger partial charge on any atom is -0.463 e. The Labute approximate surface area is 125 Å². The standard InChI is InChI=1S/C18H32O2/c1-7-20-18(19)17(6)11-9-8-10-15(4)12-13-16(5)14(2)3/h8-9,11,14-16H,7,10,12-13H2,1-6H3/b9-8+,17-11+. The van der Waals surface area contributed by atoms with Gasteiger partial charge in [0.15, 0.2) is 0 Å². The molecule has 2 heteroatoms. The molecule has 0 aliphatic rings. The van der Waals surface area contributed by atoms with E-state index >= 15 is 0 Å². The predicted molar refractivity (Wildman–Crippen MR) is 86.5 cm³/mol. The van der Waals surface area contributed by atoms with E-state index in [2.05, 4.69) is 33.8 Å². The predicted octanol–water partition coefficient (Wildman–Crippen LogP) is 5.15. The molecule has 2 nitrogen and oxygen atoms in total. The van der Waals surface area contributed by atoms with E-state index in [1.165, 1.54) is 12.8 Å². The fraction of sp³-hybridized carbons (Fsp3) is 0.722. The smallest absolute Gasteiger partial charge is 0.333 e. The van der Waals surface area contributed by atoms with E-state index in [0.717, 1.165) is 18.3 Å². The van der Waals surface area contributed by atoms with E-state index < -0.39 is 0 Å². The van der Waals surface area contributed by atoms with Gasteiger partial charge in [0.2, 0.25) is 0 Å². The molecule has 0 bridgehead atoms. The van der Waals surface area contributed by atoms with E-state index in [-0.39, 0.29) is 5.97 Å². The maximum Gasteiger partial charge on any atom is 0.333 e. The van der Waals surface area contributed by atoms with Crippen LogP contribution in [-0.4, -0.2) is 12.6 Å². The summed E-state index contributed by atoms with van der Waals surface area (Å²) in [6, 6.07) is 0. The molecule has 0 spiro atoms. The first-order valence-electron chi connectivity index (χ1n) is 7.89. The normalized spacial score (nSPS) is 15.7. The second kappa shape index (κ2) is 10.7. The van der Waals surface area contributed by atoms with Gasteiger partial charge in [-0.15, -0.1) is 0 Å². The average molecular weight is 280 g/mol. The summed E-state index contributed by atoms with van der Waals surface area (Å²) in [7, 11) is 0. The lowest BCUT2D eigenvalue weighted by atomic mass is 9.89. The fourth-order valence-corrected chi connectivity index (χ4v) is 1.83. The van der Waals surface area contributed by atoms with Crippen LogP contribution in [0.4, 0.5) is 0 Å². The zero-order valence-electron chi connectivity index (χ0n) is 14.1. The van der Waals surface area contributed by atoms with E-state index in [1.54, 1.807) is 6.92 Å². The van der Waals surface area contributed by atoms with Crippen LogP contribution in [0.1, 0.15) is 60.8 Å². The zero-order chi connectivity index (χ0) is 15.5. The van der Waals surface area contributed by atoms with Gasteiger partial charge in [0.25, 0.3) is 0 Å². The van der Waals surface area contributed by atoms with Crippen LogP contribution >= 0.6 is 0 Å². The van der Waals surface area contributed by atoms with Crippen molar-refractivity contribution >= 4 is 5.97 Å². The maximum absolute atomic E-state index is 11.4. The summed E-state index contributed by atoms with van der Waals surface area (Å²) in [5.41, 5.74) is 0.657. The molecule has 0 aliphatic carbocycles. The number of rotatable bonds is 9. The van der Waals surface area contributed by atoms with E-state index in [9.17, 15) is 4.79 Å². The van der Waals surface area contributed by atoms with Gasteiger partial charge in [0.05, 0.1) is 6.61 Å². The van der Waals surface area contributed by atoms with Crippen molar-refractivity contribution in [1.82, 2.24) is 0 Å². The minimum atomic E-state index is -0.226. The number of allylic oxidation sites excluding steroid dienone is 3. The minimum absolute atomic E-state index is 0.226. The highest BCUT2D eigenvalue weighted by Crippen LogP contribution is 2.20. The van der Waals surface area contributed by atoms with Crippen LogP contribution in [0.5, 0.6) is 0 Å². The average Bonchev–Trinajstić information content (AvgIpc) is 2.40. The maximum atomic E-state index is 11.4. The summed E-state index contributed by atoms with van der Waals surface area (Å²) in [6.45, 7) is 13.2. The van der Waals surface area contributed by atoms with Crippen molar-refractivity contribution in [3.05, 3.63) is 23.8 Å². The Morgan fingerprint density at radius 1 is 1.15 bits per heavy atom. The van der Waals surface area contributed by atoms with Crippen molar-refractivity contribution < 1.29 is 9.53 Å². The van der Waals surface area contributed by atoms with Crippen molar-refractivity contribution in [2.45, 2.75) is 60.8 Å². The zero-order valence-corrected chi connectivity index (χ0v) is 14.1. The van der Waals surface area contributed by atoms with Crippen LogP contribution in [0.15, 0.2) is 23.8 Å². The molecular formula is C18H32O2. The molecule has 0 rings (SSSR count). The molecule has 0 radical (unpaired) electrons. The van der Waals surface area contributed by atoms with Crippen molar-refractivity contribution in [2.75, 3.05) is 6.61 Å². The van der Waals surface area contributed by atoms with Gasteiger partial charge in [0, 0.05) is 5.57 Å². The van der Waals surface area contributed by atoms with Crippen LogP contribution in [0.2, 0.25) is 0 Å². The van der Waals surface area contributed by atoms with Crippen LogP contribution in [0.25, 0.3) is 0 Å². The lowest BCUT2D eigenvalue weighted by molar-refractivity contribution is -0.138. The van der Waals surface area contributed by atoms with Gasteiger partial charge in [-0.1, -0.05) is 58.8 Å². The fourth-order valence-electron chi connectivity index (χ4n) is 1.83. The Bertz CT molecular complexity index is 326. The molecular weight excluding hydrogens is 248 g/mol. The number of carbonyl (C=O) groups excluding carboxylic acids is 1. The van der Waals surface area contributed by atoms with Crippen molar-refractivity contribution in [3.8, 4) is 0 Å². The van der Waals surface area contributed by atoms with Gasteiger partial charge in [-0.2, -0.15) is 0 Å². The Morgan fingerprint density at radius 3 is 2.35 bits per heavy atom. The molecule has 0 aromatic rings. The second-order valence-electron chi connectivity index (χ2n) is 6.14. The van der Waals surface area contributed by atoms with Crippen LogP contribution < -0.4 is 0 Å². The molecule has 0 aromatic heterocycles. The summed E-state index contributed by atoms with van der Waals surface area (Å²) in [5, 5.41) is 0. The largest absolute Gasteiger partial charge is 0.463 e. The van der Waals surface area contributed by atoms with Crippen molar-refractivity contribution in [2.24, 2.45) is 17.8 Å². The van der Waals surface area contributed by atoms with Gasteiger partial charge in [0.1, 0.15) is 0 Å². The highest BCUT2D eigenvalue weighted by atomic mass is 16.5. The molecule has 0 heterocycles. The van der Waals surface area contributed by atoms with E-state index in [0.29, 0.717) is 18.1 Å². The molecule has 0 aliphatic heterocycles. The first kappa shape index (κ1) is 18.9. The molecule has 0 saturated carbocycles. The molecule has 0 aromatic carbocycles. The van der Waals surface area contributed by atoms with Gasteiger partial charge >= 0.3 is 5.97 Å². The molecule has 116 valence electrons. The molecule has 0 amide bonds. The summed E-state index contributed by atoms with van der Waals surface area (Å²) in [4.78, 5) is 11.4. The quantitative estimate of drug-likeness (QED) is 0.331. The Kier molecular flexibility index (Phi) is 10.1. The van der Waals surface area contributed by atoms with Crippen LogP contribution in [-0.2, 0) is 9.53 Å². The molecule has 2 unspecified atom stereocenters. The first-order valence-corrected chi connectivity index (χ1v) is 7.89.